The summed E-state index contributed by atoms with van der Waals surface area (Å²) in [6.07, 6.45) is 1.44. The normalized spacial score (nSPS) is 10.6. The molecule has 0 aliphatic rings. The number of rotatable bonds is 9. The van der Waals surface area contributed by atoms with Gasteiger partial charge in [0.2, 0.25) is 0 Å². The molecule has 178 valence electrons. The molecule has 0 aliphatic heterocycles. The minimum atomic E-state index is -4.06. The number of hydrogen-bond donors (Lipinski definition) is 1. The van der Waals surface area contributed by atoms with Crippen molar-refractivity contribution in [3.63, 3.8) is 0 Å². The standard InChI is InChI=1S/C25H20ClN3O5S/c1-2-14-29(21-12-10-20(26)11-13-21)35(32,33)22-8-5-7-18(15-22)25(31)34-17-24(30)28-23-9-4-3-6-19(23)16-27/h2-13,15H,1,14,17H2,(H,28,30). The van der Waals surface area contributed by atoms with Crippen molar-refractivity contribution in [3.8, 4) is 6.07 Å². The number of ether oxygens (including phenoxy) is 1. The van der Waals surface area contributed by atoms with Crippen LogP contribution >= 0.6 is 11.6 Å². The molecule has 1 amide bonds. The minimum Gasteiger partial charge on any atom is -0.452 e. The number of anilines is 2. The van der Waals surface area contributed by atoms with Crippen LogP contribution < -0.4 is 9.62 Å². The van der Waals surface area contributed by atoms with E-state index in [0.717, 1.165) is 4.31 Å². The van der Waals surface area contributed by atoms with E-state index in [1.54, 1.807) is 42.5 Å². The number of sulfonamides is 1. The summed E-state index contributed by atoms with van der Waals surface area (Å²) in [7, 11) is -4.06. The zero-order valence-electron chi connectivity index (χ0n) is 18.3. The first-order valence-corrected chi connectivity index (χ1v) is 12.0. The van der Waals surface area contributed by atoms with Crippen molar-refractivity contribution in [1.82, 2.24) is 0 Å². The Kier molecular flexibility index (Phi) is 8.25. The Morgan fingerprint density at radius 1 is 1.09 bits per heavy atom. The molecule has 0 saturated carbocycles. The van der Waals surface area contributed by atoms with Crippen molar-refractivity contribution >= 4 is 44.9 Å². The quantitative estimate of drug-likeness (QED) is 0.338. The van der Waals surface area contributed by atoms with Crippen LogP contribution in [0.25, 0.3) is 0 Å². The van der Waals surface area contributed by atoms with Gasteiger partial charge < -0.3 is 10.1 Å². The van der Waals surface area contributed by atoms with Gasteiger partial charge in [-0.25, -0.2) is 13.2 Å². The molecule has 0 atom stereocenters. The van der Waals surface area contributed by atoms with E-state index in [2.05, 4.69) is 11.9 Å². The second-order valence-corrected chi connectivity index (χ2v) is 9.41. The molecule has 0 aromatic heterocycles. The zero-order valence-corrected chi connectivity index (χ0v) is 19.9. The average molecular weight is 510 g/mol. The molecule has 3 rings (SSSR count). The molecule has 1 N–H and O–H groups in total. The van der Waals surface area contributed by atoms with E-state index in [0.29, 0.717) is 10.7 Å². The Hall–Kier alpha value is -4.13. The maximum atomic E-state index is 13.3. The number of esters is 1. The lowest BCUT2D eigenvalue weighted by molar-refractivity contribution is -0.119. The molecule has 0 heterocycles. The number of nitrogens with zero attached hydrogens (tertiary/aromatic N) is 2. The SMILES string of the molecule is C=CCN(c1ccc(Cl)cc1)S(=O)(=O)c1cccc(C(=O)OCC(=O)Nc2ccccc2C#N)c1. The Balaban J connectivity index is 1.75. The number of hydrogen-bond acceptors (Lipinski definition) is 6. The fourth-order valence-corrected chi connectivity index (χ4v) is 4.68. The van der Waals surface area contributed by atoms with Crippen LogP contribution in [0.1, 0.15) is 15.9 Å². The highest BCUT2D eigenvalue weighted by Crippen LogP contribution is 2.26. The van der Waals surface area contributed by atoms with E-state index in [1.807, 2.05) is 6.07 Å². The fraction of sp³-hybridized carbons (Fsp3) is 0.0800. The van der Waals surface area contributed by atoms with Crippen LogP contribution in [0.2, 0.25) is 5.02 Å². The third kappa shape index (κ3) is 6.26. The lowest BCUT2D eigenvalue weighted by atomic mass is 10.2. The first-order valence-electron chi connectivity index (χ1n) is 10.2. The Morgan fingerprint density at radius 2 is 1.80 bits per heavy atom. The zero-order chi connectivity index (χ0) is 25.4. The van der Waals surface area contributed by atoms with Crippen molar-refractivity contribution in [2.45, 2.75) is 4.90 Å². The Morgan fingerprint density at radius 3 is 2.49 bits per heavy atom. The van der Waals surface area contributed by atoms with Gasteiger partial charge in [0, 0.05) is 5.02 Å². The maximum absolute atomic E-state index is 13.3. The van der Waals surface area contributed by atoms with E-state index in [9.17, 15) is 18.0 Å². The summed E-state index contributed by atoms with van der Waals surface area (Å²) >= 11 is 5.91. The smallest absolute Gasteiger partial charge is 0.338 e. The van der Waals surface area contributed by atoms with Crippen molar-refractivity contribution in [1.29, 1.82) is 5.26 Å². The highest BCUT2D eigenvalue weighted by molar-refractivity contribution is 7.92. The van der Waals surface area contributed by atoms with Gasteiger partial charge in [-0.05, 0) is 54.6 Å². The molecule has 8 nitrogen and oxygen atoms in total. The van der Waals surface area contributed by atoms with Gasteiger partial charge in [-0.2, -0.15) is 5.26 Å². The molecule has 3 aromatic carbocycles. The van der Waals surface area contributed by atoms with E-state index in [1.165, 1.54) is 36.4 Å². The average Bonchev–Trinajstić information content (AvgIpc) is 2.87. The Bertz CT molecular complexity index is 1400. The summed E-state index contributed by atoms with van der Waals surface area (Å²) in [5.74, 6) is -1.53. The number of para-hydroxylation sites is 1. The molecule has 0 aliphatic carbocycles. The molecule has 35 heavy (non-hydrogen) atoms. The third-order valence-corrected chi connectivity index (χ3v) is 6.77. The van der Waals surface area contributed by atoms with E-state index >= 15 is 0 Å². The van der Waals surface area contributed by atoms with Gasteiger partial charge in [0.1, 0.15) is 6.07 Å². The first-order chi connectivity index (χ1) is 16.8. The summed E-state index contributed by atoms with van der Waals surface area (Å²) < 4.78 is 32.8. The molecule has 10 heteroatoms. The van der Waals surface area contributed by atoms with Gasteiger partial charge in [-0.1, -0.05) is 35.9 Å². The number of benzene rings is 3. The van der Waals surface area contributed by atoms with Crippen molar-refractivity contribution in [3.05, 3.63) is 102 Å². The third-order valence-electron chi connectivity index (χ3n) is 4.72. The molecular formula is C25H20ClN3O5S. The molecule has 3 aromatic rings. The predicted octanol–water partition coefficient (Wildman–Crippen LogP) is 4.39. The lowest BCUT2D eigenvalue weighted by Crippen LogP contribution is -2.31. The molecule has 0 radical (unpaired) electrons. The second kappa shape index (κ2) is 11.3. The molecule has 0 bridgehead atoms. The van der Waals surface area contributed by atoms with Gasteiger partial charge in [0.15, 0.2) is 6.61 Å². The maximum Gasteiger partial charge on any atom is 0.338 e. The van der Waals surface area contributed by atoms with Crippen molar-refractivity contribution < 1.29 is 22.7 Å². The monoisotopic (exact) mass is 509 g/mol. The van der Waals surface area contributed by atoms with Gasteiger partial charge in [-0.3, -0.25) is 9.10 Å². The van der Waals surface area contributed by atoms with Crippen LogP contribution in [0.4, 0.5) is 11.4 Å². The number of amides is 1. The number of nitriles is 1. The molecule has 0 saturated heterocycles. The fourth-order valence-electron chi connectivity index (χ4n) is 3.07. The first kappa shape index (κ1) is 25.5. The topological polar surface area (TPSA) is 117 Å². The molecule has 0 spiro atoms. The molecule has 0 fully saturated rings. The Labute approximate surface area is 208 Å². The second-order valence-electron chi connectivity index (χ2n) is 7.11. The number of carbonyl (C=O) groups excluding carboxylic acids is 2. The highest BCUT2D eigenvalue weighted by atomic mass is 35.5. The summed E-state index contributed by atoms with van der Waals surface area (Å²) in [4.78, 5) is 24.5. The molecular weight excluding hydrogens is 490 g/mol. The summed E-state index contributed by atoms with van der Waals surface area (Å²) in [5.41, 5.74) is 0.867. The highest BCUT2D eigenvalue weighted by Gasteiger charge is 2.25. The number of halogens is 1. The van der Waals surface area contributed by atoms with Gasteiger partial charge in [0.05, 0.1) is 33.9 Å². The minimum absolute atomic E-state index is 0.0109. The predicted molar refractivity (Wildman–Crippen MR) is 133 cm³/mol. The molecule has 0 unspecified atom stereocenters. The van der Waals surface area contributed by atoms with Crippen molar-refractivity contribution in [2.75, 3.05) is 22.8 Å². The largest absolute Gasteiger partial charge is 0.452 e. The van der Waals surface area contributed by atoms with Gasteiger partial charge >= 0.3 is 5.97 Å². The van der Waals surface area contributed by atoms with Crippen LogP contribution in [-0.2, 0) is 19.6 Å². The van der Waals surface area contributed by atoms with Crippen LogP contribution in [0, 0.1) is 11.3 Å². The van der Waals surface area contributed by atoms with Crippen LogP contribution in [-0.4, -0.2) is 33.4 Å². The lowest BCUT2D eigenvalue weighted by Gasteiger charge is -2.23. The van der Waals surface area contributed by atoms with E-state index in [4.69, 9.17) is 21.6 Å². The van der Waals surface area contributed by atoms with Gasteiger partial charge in [-0.15, -0.1) is 6.58 Å². The summed E-state index contributed by atoms with van der Waals surface area (Å²) in [6.45, 7) is 2.98. The van der Waals surface area contributed by atoms with Gasteiger partial charge in [0.25, 0.3) is 15.9 Å². The van der Waals surface area contributed by atoms with Crippen LogP contribution in [0.5, 0.6) is 0 Å². The van der Waals surface area contributed by atoms with Crippen LogP contribution in [0.15, 0.2) is 90.3 Å². The summed E-state index contributed by atoms with van der Waals surface area (Å²) in [6, 6.07) is 19.9. The van der Waals surface area contributed by atoms with E-state index in [-0.39, 0.29) is 28.3 Å². The van der Waals surface area contributed by atoms with Crippen molar-refractivity contribution in [2.24, 2.45) is 0 Å². The number of nitrogens with one attached hydrogen (secondary N) is 1. The van der Waals surface area contributed by atoms with Crippen LogP contribution in [0.3, 0.4) is 0 Å². The number of carbonyl (C=O) groups is 2. The summed E-state index contributed by atoms with van der Waals surface area (Å²) in [5, 5.41) is 12.0. The van der Waals surface area contributed by atoms with E-state index < -0.39 is 28.5 Å².